The Labute approximate surface area is 158 Å². The summed E-state index contributed by atoms with van der Waals surface area (Å²) in [5, 5.41) is 11.3. The minimum Gasteiger partial charge on any atom is -0.457 e. The first-order valence-electron chi connectivity index (χ1n) is 8.37. The average molecular weight is 375 g/mol. The number of ether oxygens (including phenoxy) is 2. The molecule has 0 N–H and O–H groups in total. The van der Waals surface area contributed by atoms with E-state index < -0.39 is 28.1 Å². The Morgan fingerprint density at radius 1 is 0.926 bits per heavy atom. The van der Waals surface area contributed by atoms with Crippen LogP contribution >= 0.6 is 0 Å². The maximum Gasteiger partial charge on any atom is 0.331 e. The molecule has 0 aliphatic heterocycles. The minimum atomic E-state index is -0.649. The van der Waals surface area contributed by atoms with Gasteiger partial charge in [-0.05, 0) is 65.3 Å². The number of carbonyl (C=O) groups excluding carboxylic acids is 2. The van der Waals surface area contributed by atoms with Crippen LogP contribution in [0.25, 0.3) is 12.2 Å². The van der Waals surface area contributed by atoms with Crippen LogP contribution in [0.4, 0.5) is 5.69 Å². The fourth-order valence-corrected chi connectivity index (χ4v) is 1.96. The summed E-state index contributed by atoms with van der Waals surface area (Å²) >= 11 is 0. The monoisotopic (exact) mass is 375 g/mol. The van der Waals surface area contributed by atoms with E-state index in [0.29, 0.717) is 5.56 Å². The van der Waals surface area contributed by atoms with Gasteiger partial charge in [0, 0.05) is 18.2 Å². The minimum absolute atomic E-state index is 0.193. The Morgan fingerprint density at radius 2 is 1.41 bits per heavy atom. The number of hydrogen-bond donors (Lipinski definition) is 0. The van der Waals surface area contributed by atoms with E-state index >= 15 is 0 Å². The van der Waals surface area contributed by atoms with E-state index in [4.69, 9.17) is 9.47 Å². The summed E-state index contributed by atoms with van der Waals surface area (Å²) in [7, 11) is 0. The lowest BCUT2D eigenvalue weighted by atomic mass is 10.1. The summed E-state index contributed by atoms with van der Waals surface area (Å²) in [6.07, 6.45) is 5.11. The molecule has 0 aromatic heterocycles. The summed E-state index contributed by atoms with van der Waals surface area (Å²) in [5.41, 5.74) is -0.753. The SMILES string of the molecule is CC(C)(C)OC(=O)/C=C/c1ccc(/C=C/C(=O)OC(C)(C)C)c([N+](=O)[O-])c1. The van der Waals surface area contributed by atoms with Gasteiger partial charge in [-0.3, -0.25) is 10.1 Å². The first-order chi connectivity index (χ1) is 12.3. The molecule has 1 rings (SSSR count). The highest BCUT2D eigenvalue weighted by Crippen LogP contribution is 2.23. The van der Waals surface area contributed by atoms with Crippen LogP contribution in [0, 0.1) is 10.1 Å². The zero-order chi connectivity index (χ0) is 20.8. The van der Waals surface area contributed by atoms with Crippen LogP contribution in [-0.4, -0.2) is 28.1 Å². The number of esters is 2. The number of nitro benzene ring substituents is 1. The molecule has 146 valence electrons. The third kappa shape index (κ3) is 8.80. The second-order valence-corrected chi connectivity index (χ2v) is 7.81. The molecule has 0 aliphatic carbocycles. The lowest BCUT2D eigenvalue weighted by Gasteiger charge is -2.18. The highest BCUT2D eigenvalue weighted by molar-refractivity contribution is 5.89. The van der Waals surface area contributed by atoms with E-state index in [-0.39, 0.29) is 11.3 Å². The molecule has 0 unspecified atom stereocenters. The fourth-order valence-electron chi connectivity index (χ4n) is 1.96. The zero-order valence-electron chi connectivity index (χ0n) is 16.4. The molecule has 0 aliphatic rings. The molecule has 0 radical (unpaired) electrons. The van der Waals surface area contributed by atoms with Crippen LogP contribution in [0.15, 0.2) is 30.4 Å². The van der Waals surface area contributed by atoms with Gasteiger partial charge in [0.15, 0.2) is 0 Å². The van der Waals surface area contributed by atoms with Crippen molar-refractivity contribution >= 4 is 29.8 Å². The molecular formula is C20H25NO6. The molecule has 1 aromatic carbocycles. The van der Waals surface area contributed by atoms with E-state index in [1.165, 1.54) is 30.4 Å². The standard InChI is InChI=1S/C20H25NO6/c1-19(2,3)26-17(22)11-8-14-7-9-15(16(13-14)21(24)25)10-12-18(23)27-20(4,5)6/h7-13H,1-6H3/b11-8+,12-10+. The van der Waals surface area contributed by atoms with Crippen LogP contribution in [-0.2, 0) is 19.1 Å². The maximum atomic E-state index is 11.7. The molecule has 0 amide bonds. The molecule has 1 aromatic rings. The van der Waals surface area contributed by atoms with Gasteiger partial charge in [0.25, 0.3) is 5.69 Å². The van der Waals surface area contributed by atoms with E-state index in [1.54, 1.807) is 47.6 Å². The van der Waals surface area contributed by atoms with E-state index in [9.17, 15) is 19.7 Å². The van der Waals surface area contributed by atoms with Gasteiger partial charge in [-0.15, -0.1) is 0 Å². The Bertz CT molecular complexity index is 779. The Hall–Kier alpha value is -2.96. The first-order valence-corrected chi connectivity index (χ1v) is 8.37. The lowest BCUT2D eigenvalue weighted by Crippen LogP contribution is -2.22. The quantitative estimate of drug-likeness (QED) is 0.329. The van der Waals surface area contributed by atoms with Crippen LogP contribution in [0.1, 0.15) is 52.7 Å². The van der Waals surface area contributed by atoms with Crippen molar-refractivity contribution in [2.24, 2.45) is 0 Å². The van der Waals surface area contributed by atoms with Crippen LogP contribution in [0.5, 0.6) is 0 Å². The number of rotatable bonds is 5. The van der Waals surface area contributed by atoms with Gasteiger partial charge in [-0.1, -0.05) is 6.07 Å². The highest BCUT2D eigenvalue weighted by Gasteiger charge is 2.16. The third-order valence-corrected chi connectivity index (χ3v) is 2.88. The Kier molecular flexibility index (Phi) is 7.05. The van der Waals surface area contributed by atoms with E-state index in [2.05, 4.69) is 0 Å². The van der Waals surface area contributed by atoms with Crippen LogP contribution in [0.3, 0.4) is 0 Å². The molecule has 0 spiro atoms. The average Bonchev–Trinajstić information content (AvgIpc) is 2.47. The van der Waals surface area contributed by atoms with Crippen molar-refractivity contribution in [3.05, 3.63) is 51.6 Å². The molecule has 7 nitrogen and oxygen atoms in total. The van der Waals surface area contributed by atoms with Crippen molar-refractivity contribution in [1.82, 2.24) is 0 Å². The second kappa shape index (κ2) is 8.62. The molecule has 0 fully saturated rings. The second-order valence-electron chi connectivity index (χ2n) is 7.81. The predicted molar refractivity (Wildman–Crippen MR) is 103 cm³/mol. The van der Waals surface area contributed by atoms with E-state index in [0.717, 1.165) is 6.08 Å². The largest absolute Gasteiger partial charge is 0.457 e. The zero-order valence-corrected chi connectivity index (χ0v) is 16.4. The highest BCUT2D eigenvalue weighted by atomic mass is 16.6. The third-order valence-electron chi connectivity index (χ3n) is 2.88. The number of nitrogens with zero attached hydrogens (tertiary/aromatic N) is 1. The van der Waals surface area contributed by atoms with Crippen molar-refractivity contribution in [3.8, 4) is 0 Å². The summed E-state index contributed by atoms with van der Waals surface area (Å²) in [6.45, 7) is 10.4. The number of nitro groups is 1. The topological polar surface area (TPSA) is 95.7 Å². The van der Waals surface area contributed by atoms with Crippen molar-refractivity contribution in [2.45, 2.75) is 52.7 Å². The summed E-state index contributed by atoms with van der Waals surface area (Å²) in [4.78, 5) is 34.2. The molecule has 7 heteroatoms. The normalized spacial score (nSPS) is 12.4. The van der Waals surface area contributed by atoms with E-state index in [1.807, 2.05) is 0 Å². The van der Waals surface area contributed by atoms with Gasteiger partial charge in [0.1, 0.15) is 11.2 Å². The van der Waals surface area contributed by atoms with Gasteiger partial charge < -0.3 is 9.47 Å². The van der Waals surface area contributed by atoms with Crippen LogP contribution in [0.2, 0.25) is 0 Å². The smallest absolute Gasteiger partial charge is 0.331 e. The molecule has 0 heterocycles. The molecule has 0 atom stereocenters. The number of hydrogen-bond acceptors (Lipinski definition) is 6. The first kappa shape index (κ1) is 22.1. The molecular weight excluding hydrogens is 350 g/mol. The molecule has 27 heavy (non-hydrogen) atoms. The van der Waals surface area contributed by atoms with Gasteiger partial charge in [-0.2, -0.15) is 0 Å². The predicted octanol–water partition coefficient (Wildman–Crippen LogP) is 4.30. The van der Waals surface area contributed by atoms with Crippen molar-refractivity contribution in [3.63, 3.8) is 0 Å². The summed E-state index contributed by atoms with van der Waals surface area (Å²) in [5.74, 6) is -1.13. The molecule has 0 bridgehead atoms. The summed E-state index contributed by atoms with van der Waals surface area (Å²) < 4.78 is 10.3. The van der Waals surface area contributed by atoms with Gasteiger partial charge in [-0.25, -0.2) is 9.59 Å². The Balaban J connectivity index is 3.00. The van der Waals surface area contributed by atoms with Gasteiger partial charge in [0.2, 0.25) is 0 Å². The number of carbonyl (C=O) groups is 2. The van der Waals surface area contributed by atoms with Crippen LogP contribution < -0.4 is 0 Å². The fraction of sp³-hybridized carbons (Fsp3) is 0.400. The lowest BCUT2D eigenvalue weighted by molar-refractivity contribution is -0.385. The number of benzene rings is 1. The molecule has 0 saturated carbocycles. The maximum absolute atomic E-state index is 11.7. The van der Waals surface area contributed by atoms with Gasteiger partial charge >= 0.3 is 11.9 Å². The summed E-state index contributed by atoms with van der Waals surface area (Å²) in [6, 6.07) is 4.41. The van der Waals surface area contributed by atoms with Crippen molar-refractivity contribution in [1.29, 1.82) is 0 Å². The Morgan fingerprint density at radius 3 is 1.85 bits per heavy atom. The van der Waals surface area contributed by atoms with Crippen molar-refractivity contribution in [2.75, 3.05) is 0 Å². The molecule has 0 saturated heterocycles. The van der Waals surface area contributed by atoms with Crippen molar-refractivity contribution < 1.29 is 24.0 Å². The van der Waals surface area contributed by atoms with Gasteiger partial charge in [0.05, 0.1) is 10.5 Å².